The molecule has 1 saturated heterocycles. The van der Waals surface area contributed by atoms with E-state index in [4.69, 9.17) is 5.84 Å². The molecule has 0 amide bonds. The summed E-state index contributed by atoms with van der Waals surface area (Å²) in [4.78, 5) is 3.73. The Morgan fingerprint density at radius 3 is 2.50 bits per heavy atom. The number of rotatable bonds is 3. The van der Waals surface area contributed by atoms with Crippen molar-refractivity contribution in [2.45, 2.75) is 18.9 Å². The third kappa shape index (κ3) is 2.94. The topological polar surface area (TPSA) is 80.0 Å². The summed E-state index contributed by atoms with van der Waals surface area (Å²) < 4.78 is 37.8. The first-order valence-corrected chi connectivity index (χ1v) is 7.03. The van der Waals surface area contributed by atoms with Gasteiger partial charge in [-0.25, -0.2) is 19.6 Å². The van der Waals surface area contributed by atoms with E-state index in [1.54, 1.807) is 0 Å². The predicted molar refractivity (Wildman–Crippen MR) is 66.5 cm³/mol. The van der Waals surface area contributed by atoms with Gasteiger partial charge in [0.1, 0.15) is 0 Å². The van der Waals surface area contributed by atoms with E-state index in [0.717, 1.165) is 6.07 Å². The molecule has 0 atom stereocenters. The van der Waals surface area contributed by atoms with Crippen LogP contribution in [0, 0.1) is 11.6 Å². The van der Waals surface area contributed by atoms with Gasteiger partial charge in [0.15, 0.2) is 23.3 Å². The molecule has 100 valence electrons. The van der Waals surface area contributed by atoms with Crippen molar-refractivity contribution < 1.29 is 13.0 Å². The quantitative estimate of drug-likeness (QED) is 0.566. The molecular formula is C10H14F2N4OS. The summed E-state index contributed by atoms with van der Waals surface area (Å²) in [5.41, 5.74) is 2.07. The zero-order valence-corrected chi connectivity index (χ0v) is 10.4. The first-order valence-electron chi connectivity index (χ1n) is 5.54. The number of hydrogen-bond donors (Lipinski definition) is 3. The maximum absolute atomic E-state index is 13.5. The Hall–Kier alpha value is -1.28. The molecule has 5 nitrogen and oxygen atoms in total. The zero-order chi connectivity index (χ0) is 13.1. The Balaban J connectivity index is 2.11. The fourth-order valence-electron chi connectivity index (χ4n) is 1.80. The maximum atomic E-state index is 13.5. The van der Waals surface area contributed by atoms with Crippen LogP contribution in [0.1, 0.15) is 12.8 Å². The highest BCUT2D eigenvalue weighted by atomic mass is 32.2. The number of nitrogens with two attached hydrogens (primary N) is 1. The Morgan fingerprint density at radius 1 is 1.28 bits per heavy atom. The van der Waals surface area contributed by atoms with Crippen LogP contribution in [0.15, 0.2) is 6.07 Å². The largest absolute Gasteiger partial charge is 0.365 e. The van der Waals surface area contributed by atoms with E-state index in [0.29, 0.717) is 24.3 Å². The number of hydrogen-bond acceptors (Lipinski definition) is 5. The molecule has 0 unspecified atom stereocenters. The lowest BCUT2D eigenvalue weighted by Crippen LogP contribution is -2.30. The second kappa shape index (κ2) is 5.57. The van der Waals surface area contributed by atoms with Crippen LogP contribution in [0.4, 0.5) is 20.4 Å². The molecule has 1 fully saturated rings. The Labute approximate surface area is 106 Å². The molecule has 0 saturated carbocycles. The van der Waals surface area contributed by atoms with Crippen LogP contribution in [-0.4, -0.2) is 26.7 Å². The summed E-state index contributed by atoms with van der Waals surface area (Å²) in [5.74, 6) is 4.39. The van der Waals surface area contributed by atoms with Crippen molar-refractivity contribution in [2.24, 2.45) is 5.84 Å². The summed E-state index contributed by atoms with van der Waals surface area (Å²) in [6, 6.07) is 0.728. The number of anilines is 2. The molecule has 8 heteroatoms. The van der Waals surface area contributed by atoms with Crippen LogP contribution < -0.4 is 16.6 Å². The van der Waals surface area contributed by atoms with Crippen LogP contribution in [0.3, 0.4) is 0 Å². The molecule has 18 heavy (non-hydrogen) atoms. The fourth-order valence-corrected chi connectivity index (χ4v) is 3.10. The number of nitrogen functional groups attached to an aromatic ring is 1. The minimum Gasteiger partial charge on any atom is -0.365 e. The first-order chi connectivity index (χ1) is 8.60. The van der Waals surface area contributed by atoms with E-state index in [9.17, 15) is 13.0 Å². The van der Waals surface area contributed by atoms with Gasteiger partial charge >= 0.3 is 0 Å². The van der Waals surface area contributed by atoms with Crippen molar-refractivity contribution in [3.05, 3.63) is 17.7 Å². The summed E-state index contributed by atoms with van der Waals surface area (Å²) in [7, 11) is -0.780. The van der Waals surface area contributed by atoms with Gasteiger partial charge < -0.3 is 10.7 Å². The van der Waals surface area contributed by atoms with Crippen LogP contribution in [0.2, 0.25) is 0 Å². The van der Waals surface area contributed by atoms with E-state index < -0.39 is 22.4 Å². The van der Waals surface area contributed by atoms with E-state index in [-0.39, 0.29) is 17.7 Å². The van der Waals surface area contributed by atoms with Crippen molar-refractivity contribution in [3.8, 4) is 0 Å². The Kier molecular flexibility index (Phi) is 4.07. The molecule has 2 heterocycles. The van der Waals surface area contributed by atoms with Crippen molar-refractivity contribution in [3.63, 3.8) is 0 Å². The van der Waals surface area contributed by atoms with Gasteiger partial charge in [0, 0.05) is 34.4 Å². The second-order valence-electron chi connectivity index (χ2n) is 4.06. The molecule has 1 aromatic rings. The average Bonchev–Trinajstić information content (AvgIpc) is 2.35. The maximum Gasteiger partial charge on any atom is 0.178 e. The molecule has 0 spiro atoms. The lowest BCUT2D eigenvalue weighted by atomic mass is 10.1. The molecular weight excluding hydrogens is 262 g/mol. The fraction of sp³-hybridized carbons (Fsp3) is 0.500. The number of nitrogens with one attached hydrogen (secondary N) is 2. The molecule has 1 aromatic heterocycles. The molecule has 0 radical (unpaired) electrons. The molecule has 0 aromatic carbocycles. The minimum absolute atomic E-state index is 0.000728. The third-order valence-corrected chi connectivity index (χ3v) is 4.18. The third-order valence-electron chi connectivity index (χ3n) is 2.80. The van der Waals surface area contributed by atoms with E-state index >= 15 is 0 Å². The van der Waals surface area contributed by atoms with Gasteiger partial charge in [0.2, 0.25) is 0 Å². The normalized spacial score (nSPS) is 23.7. The minimum atomic E-state index is -0.842. The highest BCUT2D eigenvalue weighted by Gasteiger charge is 2.20. The number of hydrazine groups is 1. The van der Waals surface area contributed by atoms with Crippen LogP contribution in [-0.2, 0) is 10.8 Å². The summed E-state index contributed by atoms with van der Waals surface area (Å²) >= 11 is 0. The summed E-state index contributed by atoms with van der Waals surface area (Å²) in [5, 5.41) is 2.89. The number of aromatic nitrogens is 1. The summed E-state index contributed by atoms with van der Waals surface area (Å²) in [6.45, 7) is 0. The van der Waals surface area contributed by atoms with Crippen molar-refractivity contribution in [2.75, 3.05) is 22.2 Å². The second-order valence-corrected chi connectivity index (χ2v) is 5.76. The van der Waals surface area contributed by atoms with Gasteiger partial charge in [-0.15, -0.1) is 0 Å². The standard InChI is InChI=1S/C10H14F2N4OS/c11-7-5-8(12)10(16-13)15-9(7)14-6-1-3-18(17)4-2-6/h5-6H,1-4,13H2,(H2,14,15,16). The van der Waals surface area contributed by atoms with Crippen LogP contribution in [0.5, 0.6) is 0 Å². The van der Waals surface area contributed by atoms with Crippen molar-refractivity contribution in [1.82, 2.24) is 4.98 Å². The molecule has 1 aliphatic heterocycles. The highest BCUT2D eigenvalue weighted by molar-refractivity contribution is 7.85. The van der Waals surface area contributed by atoms with Gasteiger partial charge in [-0.3, -0.25) is 4.21 Å². The van der Waals surface area contributed by atoms with Crippen molar-refractivity contribution >= 4 is 22.4 Å². The monoisotopic (exact) mass is 276 g/mol. The lowest BCUT2D eigenvalue weighted by molar-refractivity contribution is 0.569. The van der Waals surface area contributed by atoms with E-state index in [1.807, 2.05) is 0 Å². The van der Waals surface area contributed by atoms with Crippen LogP contribution >= 0.6 is 0 Å². The Morgan fingerprint density at radius 2 is 1.89 bits per heavy atom. The van der Waals surface area contributed by atoms with Gasteiger partial charge in [0.05, 0.1) is 0 Å². The molecule has 0 aliphatic carbocycles. The van der Waals surface area contributed by atoms with E-state index in [2.05, 4.69) is 15.7 Å². The van der Waals surface area contributed by atoms with Gasteiger partial charge in [-0.05, 0) is 12.8 Å². The Bertz CT molecular complexity index is 461. The van der Waals surface area contributed by atoms with Gasteiger partial charge in [0.25, 0.3) is 0 Å². The van der Waals surface area contributed by atoms with E-state index in [1.165, 1.54) is 0 Å². The number of nitrogens with zero attached hydrogens (tertiary/aromatic N) is 1. The van der Waals surface area contributed by atoms with Gasteiger partial charge in [-0.2, -0.15) is 0 Å². The average molecular weight is 276 g/mol. The summed E-state index contributed by atoms with van der Waals surface area (Å²) in [6.07, 6.45) is 1.35. The molecule has 4 N–H and O–H groups in total. The number of pyridine rings is 1. The smallest absolute Gasteiger partial charge is 0.178 e. The number of halogens is 2. The predicted octanol–water partition coefficient (Wildman–Crippen LogP) is 0.968. The first kappa shape index (κ1) is 13.2. The van der Waals surface area contributed by atoms with Crippen molar-refractivity contribution in [1.29, 1.82) is 0 Å². The van der Waals surface area contributed by atoms with Crippen LogP contribution in [0.25, 0.3) is 0 Å². The molecule has 0 bridgehead atoms. The highest BCUT2D eigenvalue weighted by Crippen LogP contribution is 2.21. The molecule has 2 rings (SSSR count). The lowest BCUT2D eigenvalue weighted by Gasteiger charge is -2.23. The SMILES string of the molecule is NNc1nc(NC2CCS(=O)CC2)c(F)cc1F. The molecule has 1 aliphatic rings. The van der Waals surface area contributed by atoms with Gasteiger partial charge in [-0.1, -0.05) is 0 Å². The zero-order valence-electron chi connectivity index (χ0n) is 9.58.